The summed E-state index contributed by atoms with van der Waals surface area (Å²) in [6.45, 7) is 5.01. The SMILES string of the molecule is CCOc1c(-c2ccc(OC)cc2)oc2c(CC=C(C)C)c(O[C@@H]3OC(CO)[C@@H](O)C(O)C3O)cc(O)c2c1=O. The lowest BCUT2D eigenvalue weighted by atomic mass is 9.99. The Labute approximate surface area is 230 Å². The minimum absolute atomic E-state index is 0.000166. The van der Waals surface area contributed by atoms with E-state index in [0.717, 1.165) is 5.57 Å². The Kier molecular flexibility index (Phi) is 9.02. The number of ether oxygens (including phenoxy) is 4. The number of phenolic OH excluding ortho intramolecular Hbond substituents is 1. The number of fused-ring (bicyclic) bond motifs is 1. The summed E-state index contributed by atoms with van der Waals surface area (Å²) < 4.78 is 28.6. The van der Waals surface area contributed by atoms with Crippen LogP contribution in [0.3, 0.4) is 0 Å². The van der Waals surface area contributed by atoms with Gasteiger partial charge in [-0.15, -0.1) is 0 Å². The van der Waals surface area contributed by atoms with Crippen LogP contribution in [0.2, 0.25) is 0 Å². The average Bonchev–Trinajstić information content (AvgIpc) is 2.94. The lowest BCUT2D eigenvalue weighted by Crippen LogP contribution is -2.60. The van der Waals surface area contributed by atoms with E-state index >= 15 is 0 Å². The van der Waals surface area contributed by atoms with Crippen LogP contribution >= 0.6 is 0 Å². The van der Waals surface area contributed by atoms with Crippen LogP contribution in [0.15, 0.2) is 51.2 Å². The second-order valence-corrected chi connectivity index (χ2v) is 9.63. The third-order valence-corrected chi connectivity index (χ3v) is 6.61. The third kappa shape index (κ3) is 5.65. The molecular weight excluding hydrogens is 524 g/mol. The molecule has 1 saturated heterocycles. The maximum atomic E-state index is 13.7. The van der Waals surface area contributed by atoms with Crippen molar-refractivity contribution in [2.45, 2.75) is 57.9 Å². The van der Waals surface area contributed by atoms with E-state index in [1.165, 1.54) is 13.2 Å². The van der Waals surface area contributed by atoms with Gasteiger partial charge in [-0.25, -0.2) is 0 Å². The van der Waals surface area contributed by atoms with E-state index in [1.54, 1.807) is 31.2 Å². The van der Waals surface area contributed by atoms with E-state index in [9.17, 15) is 30.3 Å². The molecule has 2 aromatic carbocycles. The van der Waals surface area contributed by atoms with Gasteiger partial charge in [-0.3, -0.25) is 4.79 Å². The van der Waals surface area contributed by atoms with Gasteiger partial charge in [-0.1, -0.05) is 11.6 Å². The second-order valence-electron chi connectivity index (χ2n) is 9.63. The van der Waals surface area contributed by atoms with Crippen molar-refractivity contribution in [3.05, 3.63) is 57.8 Å². The Morgan fingerprint density at radius 1 is 1.07 bits per heavy atom. The lowest BCUT2D eigenvalue weighted by molar-refractivity contribution is -0.277. The number of aliphatic hydroxyl groups excluding tert-OH is 4. The van der Waals surface area contributed by atoms with Crippen molar-refractivity contribution in [3.63, 3.8) is 0 Å². The molecule has 3 unspecified atom stereocenters. The number of aromatic hydroxyl groups is 1. The fourth-order valence-electron chi connectivity index (χ4n) is 4.46. The quantitative estimate of drug-likeness (QED) is 0.244. The molecular formula is C29H34O11. The summed E-state index contributed by atoms with van der Waals surface area (Å²) in [5, 5.41) is 51.3. The number of benzene rings is 2. The van der Waals surface area contributed by atoms with Crippen molar-refractivity contribution in [3.8, 4) is 34.3 Å². The molecule has 0 saturated carbocycles. The van der Waals surface area contributed by atoms with Crippen LogP contribution in [0.5, 0.6) is 23.0 Å². The molecule has 1 aromatic heterocycles. The molecule has 0 radical (unpaired) electrons. The zero-order chi connectivity index (χ0) is 29.1. The minimum Gasteiger partial charge on any atom is -0.507 e. The van der Waals surface area contributed by atoms with E-state index in [1.807, 2.05) is 19.9 Å². The van der Waals surface area contributed by atoms with Gasteiger partial charge in [0.15, 0.2) is 5.76 Å². The highest BCUT2D eigenvalue weighted by Gasteiger charge is 2.45. The van der Waals surface area contributed by atoms with Crippen molar-refractivity contribution in [1.29, 1.82) is 0 Å². The molecule has 0 amide bonds. The highest BCUT2D eigenvalue weighted by atomic mass is 16.7. The van der Waals surface area contributed by atoms with Crippen LogP contribution < -0.4 is 19.6 Å². The van der Waals surface area contributed by atoms with Gasteiger partial charge in [-0.2, -0.15) is 0 Å². The second kappa shape index (κ2) is 12.3. The molecule has 11 nitrogen and oxygen atoms in total. The Morgan fingerprint density at radius 3 is 2.38 bits per heavy atom. The zero-order valence-electron chi connectivity index (χ0n) is 22.7. The molecule has 1 aliphatic heterocycles. The highest BCUT2D eigenvalue weighted by Crippen LogP contribution is 2.41. The molecule has 4 rings (SSSR count). The van der Waals surface area contributed by atoms with Crippen LogP contribution in [0.4, 0.5) is 0 Å². The maximum Gasteiger partial charge on any atom is 0.239 e. The average molecular weight is 559 g/mol. The number of methoxy groups -OCH3 is 1. The van der Waals surface area contributed by atoms with Gasteiger partial charge < -0.3 is 48.9 Å². The van der Waals surface area contributed by atoms with Crippen molar-refractivity contribution in [2.75, 3.05) is 20.3 Å². The fraction of sp³-hybridized carbons (Fsp3) is 0.414. The predicted molar refractivity (Wildman–Crippen MR) is 145 cm³/mol. The molecule has 1 fully saturated rings. The molecule has 0 bridgehead atoms. The fourth-order valence-corrected chi connectivity index (χ4v) is 4.46. The summed E-state index contributed by atoms with van der Waals surface area (Å²) in [5.41, 5.74) is 1.25. The van der Waals surface area contributed by atoms with E-state index in [4.69, 9.17) is 23.4 Å². The van der Waals surface area contributed by atoms with Crippen LogP contribution in [0, 0.1) is 0 Å². The largest absolute Gasteiger partial charge is 0.507 e. The predicted octanol–water partition coefficient (Wildman–Crippen LogP) is 2.26. The molecule has 1 aliphatic rings. The molecule has 3 aromatic rings. The Balaban J connectivity index is 1.94. The summed E-state index contributed by atoms with van der Waals surface area (Å²) in [6.07, 6.45) is -5.59. The van der Waals surface area contributed by atoms with Gasteiger partial charge in [0.05, 0.1) is 20.3 Å². The number of allylic oxidation sites excluding steroid dienone is 2. The van der Waals surface area contributed by atoms with E-state index < -0.39 is 48.5 Å². The minimum atomic E-state index is -1.69. The number of hydrogen-bond donors (Lipinski definition) is 5. The molecule has 5 atom stereocenters. The summed E-state index contributed by atoms with van der Waals surface area (Å²) in [5.74, 6) is 0.185. The van der Waals surface area contributed by atoms with Gasteiger partial charge in [0.25, 0.3) is 0 Å². The summed E-state index contributed by atoms with van der Waals surface area (Å²) in [6, 6.07) is 8.01. The van der Waals surface area contributed by atoms with E-state index in [-0.39, 0.29) is 41.3 Å². The standard InChI is InChI=1S/C29H34O11/c1-5-37-28-23(33)21-18(31)12-19(38-29-25(35)24(34)22(32)20(13-30)39-29)17(11-6-14(2)3)27(21)40-26(28)15-7-9-16(36-4)10-8-15/h6-10,12,20,22,24-25,29-32,34-35H,5,11,13H2,1-4H3/t20?,22-,24?,25?,29-/m1/s1. The molecule has 0 aliphatic carbocycles. The van der Waals surface area contributed by atoms with E-state index in [2.05, 4.69) is 0 Å². The first-order valence-corrected chi connectivity index (χ1v) is 12.8. The third-order valence-electron chi connectivity index (χ3n) is 6.61. The number of phenols is 1. The molecule has 0 spiro atoms. The molecule has 11 heteroatoms. The molecule has 40 heavy (non-hydrogen) atoms. The Morgan fingerprint density at radius 2 is 1.77 bits per heavy atom. The first-order chi connectivity index (χ1) is 19.1. The van der Waals surface area contributed by atoms with E-state index in [0.29, 0.717) is 16.9 Å². The topological polar surface area (TPSA) is 168 Å². The summed E-state index contributed by atoms with van der Waals surface area (Å²) >= 11 is 0. The van der Waals surface area contributed by atoms with Crippen molar-refractivity contribution >= 4 is 11.0 Å². The van der Waals surface area contributed by atoms with Crippen LogP contribution in [-0.2, 0) is 11.2 Å². The number of rotatable bonds is 9. The summed E-state index contributed by atoms with van der Waals surface area (Å²) in [4.78, 5) is 13.7. The van der Waals surface area contributed by atoms with Gasteiger partial charge in [0, 0.05) is 17.2 Å². The first-order valence-electron chi connectivity index (χ1n) is 12.8. The van der Waals surface area contributed by atoms with Crippen LogP contribution in [-0.4, -0.2) is 76.6 Å². The monoisotopic (exact) mass is 558 g/mol. The molecule has 216 valence electrons. The number of aliphatic hydroxyl groups is 4. The van der Waals surface area contributed by atoms with Crippen molar-refractivity contribution in [2.24, 2.45) is 0 Å². The number of hydrogen-bond acceptors (Lipinski definition) is 11. The maximum absolute atomic E-state index is 13.7. The first kappa shape index (κ1) is 29.4. The highest BCUT2D eigenvalue weighted by molar-refractivity contribution is 5.91. The van der Waals surface area contributed by atoms with Gasteiger partial charge in [0.1, 0.15) is 52.6 Å². The lowest BCUT2D eigenvalue weighted by Gasteiger charge is -2.39. The summed E-state index contributed by atoms with van der Waals surface area (Å²) in [7, 11) is 1.53. The molecule has 5 N–H and O–H groups in total. The van der Waals surface area contributed by atoms with Gasteiger partial charge in [0.2, 0.25) is 17.5 Å². The van der Waals surface area contributed by atoms with Gasteiger partial charge in [-0.05, 0) is 51.5 Å². The Hall–Kier alpha value is -3.61. The van der Waals surface area contributed by atoms with Crippen molar-refractivity contribution < 1.29 is 48.9 Å². The van der Waals surface area contributed by atoms with Crippen LogP contribution in [0.25, 0.3) is 22.3 Å². The molecule has 2 heterocycles. The van der Waals surface area contributed by atoms with Crippen molar-refractivity contribution in [1.82, 2.24) is 0 Å². The normalized spacial score (nSPS) is 22.6. The van der Waals surface area contributed by atoms with Gasteiger partial charge >= 0.3 is 0 Å². The Bertz CT molecular complexity index is 1420. The zero-order valence-corrected chi connectivity index (χ0v) is 22.7. The smallest absolute Gasteiger partial charge is 0.239 e. The van der Waals surface area contributed by atoms with Crippen LogP contribution in [0.1, 0.15) is 26.3 Å².